The smallest absolute Gasteiger partial charge is 0.0626 e. The second-order valence-corrected chi connectivity index (χ2v) is 12.4. The molecule has 0 radical (unpaired) electrons. The standard InChI is InChI=1S/C3H6O2Se.C3H6O2.C2H6Se2.2CH4Se.3CH4.BH4/c1-6-2-3(4)5;1-2-3(4)5;1-3-4-2;2*1-2;;;;/h2H2,1H3,(H,4,5);2H2,1H3,(H,4,5);1-2H3;2*2H,1H3;4*1H4/q;;;;;;;;-1/p-2. The monoisotopic (exact) mass is 671 g/mol. The number of hydrogen-bond acceptors (Lipinski definition) is 2. The van der Waals surface area contributed by atoms with Crippen LogP contribution in [0.25, 0.3) is 0 Å². The van der Waals surface area contributed by atoms with Gasteiger partial charge in [0.1, 0.15) is 0 Å². The van der Waals surface area contributed by atoms with Crippen molar-refractivity contribution in [1.82, 2.24) is 0 Å². The van der Waals surface area contributed by atoms with Gasteiger partial charge in [-0.05, 0) is 0 Å². The molecule has 0 unspecified atom stereocenters. The number of carbonyl (C=O) groups is 2. The number of carboxylic acids is 2. The Kier molecular flexibility index (Phi) is 186. The molecule has 0 aromatic heterocycles. The third-order valence-electron chi connectivity index (χ3n) is 0.737. The zero-order chi connectivity index (χ0) is 16.7. The second kappa shape index (κ2) is 75.9. The molecule has 0 atom stereocenters. The average Bonchev–Trinajstić information content (AvgIpc) is 2.44. The Bertz CT molecular complexity index is 165. The number of hydrogen-bond donors (Lipinski definition) is 2. The third kappa shape index (κ3) is 191. The molecule has 2 N–H and O–H groups in total. The Morgan fingerprint density at radius 2 is 1.04 bits per heavy atom. The minimum atomic E-state index is -0.745. The molecule has 0 amide bonds. The summed E-state index contributed by atoms with van der Waals surface area (Å²) in [6.45, 7) is 1.60. The second-order valence-electron chi connectivity index (χ2n) is 1.91. The predicted octanol–water partition coefficient (Wildman–Crippen LogP) is 1.99. The van der Waals surface area contributed by atoms with Crippen molar-refractivity contribution < 1.29 is 19.8 Å². The Balaban J connectivity index is -0.0000000154. The molecule has 0 fully saturated rings. The van der Waals surface area contributed by atoms with E-state index in [1.165, 1.54) is 0 Å². The predicted molar refractivity (Wildman–Crippen MR) is 120 cm³/mol. The van der Waals surface area contributed by atoms with Gasteiger partial charge in [0, 0.05) is 6.42 Å². The van der Waals surface area contributed by atoms with Gasteiger partial charge in [-0.25, -0.2) is 0 Å². The first kappa shape index (κ1) is 56.3. The van der Waals surface area contributed by atoms with Crippen molar-refractivity contribution in [3.8, 4) is 0 Å². The molecule has 0 aromatic carbocycles. The molecule has 23 heavy (non-hydrogen) atoms. The molecule has 0 saturated carbocycles. The third-order valence-corrected chi connectivity index (χ3v) is 6.19. The average molecular weight is 666 g/mol. The van der Waals surface area contributed by atoms with E-state index in [2.05, 4.69) is 43.7 Å². The van der Waals surface area contributed by atoms with Crippen molar-refractivity contribution in [1.29, 1.82) is 0 Å². The molecule has 0 rings (SSSR count). The van der Waals surface area contributed by atoms with Crippen molar-refractivity contribution in [2.75, 3.05) is 0 Å². The molecule has 0 aromatic rings. The van der Waals surface area contributed by atoms with Crippen LogP contribution in [-0.2, 0) is 9.59 Å². The van der Waals surface area contributed by atoms with E-state index in [9.17, 15) is 9.59 Å². The maximum Gasteiger partial charge on any atom is -0.0626 e. The van der Waals surface area contributed by atoms with Gasteiger partial charge in [-0.15, -0.1) is 0 Å². The topological polar surface area (TPSA) is 74.6 Å². The molecule has 0 aliphatic carbocycles. The van der Waals surface area contributed by atoms with Crippen molar-refractivity contribution in [3.63, 3.8) is 0 Å². The first-order valence-corrected chi connectivity index (χ1v) is 18.9. The fourth-order valence-corrected chi connectivity index (χ4v) is 0.642. The number of aliphatic carboxylic acids is 2. The molecule has 0 heterocycles. The van der Waals surface area contributed by atoms with Crippen LogP contribution >= 0.6 is 0 Å². The molecular formula is C13H40BO4Se5-3. The van der Waals surface area contributed by atoms with E-state index in [1.54, 1.807) is 6.92 Å². The zero-order valence-corrected chi connectivity index (χ0v) is 20.7. The Hall–Kier alpha value is 1.60. The summed E-state index contributed by atoms with van der Waals surface area (Å²) < 4.78 is 0. The summed E-state index contributed by atoms with van der Waals surface area (Å²) in [5.41, 5.74) is 0. The van der Waals surface area contributed by atoms with Crippen LogP contribution in [0.1, 0.15) is 35.6 Å². The van der Waals surface area contributed by atoms with Crippen molar-refractivity contribution in [2.24, 2.45) is 0 Å². The molecule has 0 bridgehead atoms. The van der Waals surface area contributed by atoms with E-state index in [-0.39, 0.29) is 37.1 Å². The first-order chi connectivity index (χ1) is 8.95. The molecular weight excluding hydrogens is 626 g/mol. The van der Waals surface area contributed by atoms with Gasteiger partial charge in [0.15, 0.2) is 0 Å². The number of rotatable bonds is 4. The van der Waals surface area contributed by atoms with Gasteiger partial charge in [0.2, 0.25) is 0 Å². The van der Waals surface area contributed by atoms with Crippen molar-refractivity contribution in [2.45, 2.75) is 70.1 Å². The Morgan fingerprint density at radius 3 is 1.04 bits per heavy atom. The molecule has 152 valence electrons. The van der Waals surface area contributed by atoms with Crippen LogP contribution in [0.3, 0.4) is 0 Å². The molecule has 4 nitrogen and oxygen atoms in total. The molecule has 0 saturated heterocycles. The van der Waals surface area contributed by atoms with E-state index in [0.717, 1.165) is 26.3 Å². The minimum Gasteiger partial charge on any atom is -0.0626 e. The van der Waals surface area contributed by atoms with Gasteiger partial charge in [-0.1, -0.05) is 37.6 Å². The molecule has 0 aliphatic heterocycles. The largest absolute Gasteiger partial charge is 0.0626 e. The minimum absolute atomic E-state index is 0. The van der Waals surface area contributed by atoms with Gasteiger partial charge in [0.05, 0.1) is 0 Å². The summed E-state index contributed by atoms with van der Waals surface area (Å²) in [6, 6.07) is 0. The van der Waals surface area contributed by atoms with Crippen LogP contribution in [0.15, 0.2) is 0 Å². The SMILES string of the molecule is C.C.C.CCC(=O)O.C[Se-].C[Se-].C[Se]CC(=O)O.C[Se][Se]C.[BH4-]. The maximum atomic E-state index is 9.61. The summed E-state index contributed by atoms with van der Waals surface area (Å²) in [4.78, 5) is 19.0. The van der Waals surface area contributed by atoms with Crippen LogP contribution in [0.4, 0.5) is 0 Å². The van der Waals surface area contributed by atoms with Crippen LogP contribution in [0.2, 0.25) is 34.4 Å². The maximum absolute atomic E-state index is 9.61. The van der Waals surface area contributed by atoms with Crippen LogP contribution in [-0.4, -0.2) is 104 Å². The fraction of sp³-hybridized carbons (Fsp3) is 0.846. The summed E-state index contributed by atoms with van der Waals surface area (Å²) in [7, 11) is 0. The van der Waals surface area contributed by atoms with Gasteiger partial charge < -0.3 is 5.11 Å². The Labute approximate surface area is 182 Å². The molecule has 0 aliphatic rings. The summed E-state index contributed by atoms with van der Waals surface area (Å²) in [5.74, 6) is 8.77. The summed E-state index contributed by atoms with van der Waals surface area (Å²) in [5, 5.41) is 16.0. The fourth-order valence-electron chi connectivity index (χ4n) is 0.123. The van der Waals surface area contributed by atoms with Crippen LogP contribution in [0, 0.1) is 0 Å². The van der Waals surface area contributed by atoms with E-state index in [1.807, 2.05) is 17.5 Å². The van der Waals surface area contributed by atoms with Gasteiger partial charge in [0.25, 0.3) is 0 Å². The van der Waals surface area contributed by atoms with Gasteiger partial charge in [-0.3, -0.25) is 4.79 Å². The molecule has 10 heteroatoms. The van der Waals surface area contributed by atoms with E-state index in [4.69, 9.17) is 10.2 Å². The van der Waals surface area contributed by atoms with E-state index < -0.39 is 11.9 Å². The summed E-state index contributed by atoms with van der Waals surface area (Å²) >= 11 is 7.51. The van der Waals surface area contributed by atoms with Gasteiger partial charge >= 0.3 is 130 Å². The van der Waals surface area contributed by atoms with E-state index >= 15 is 0 Å². The van der Waals surface area contributed by atoms with Crippen LogP contribution < -0.4 is 0 Å². The quantitative estimate of drug-likeness (QED) is 0.451. The summed E-state index contributed by atoms with van der Waals surface area (Å²) in [6.07, 6.45) is 0.222. The van der Waals surface area contributed by atoms with Crippen LogP contribution in [0.5, 0.6) is 0 Å². The van der Waals surface area contributed by atoms with E-state index in [0.29, 0.717) is 20.3 Å². The van der Waals surface area contributed by atoms with Gasteiger partial charge in [-0.2, -0.15) is 0 Å². The molecule has 0 spiro atoms. The first-order valence-electron chi connectivity index (χ1n) is 4.77. The van der Waals surface area contributed by atoms with Crippen molar-refractivity contribution in [3.05, 3.63) is 0 Å². The number of carboxylic acid groups (broad SMARTS) is 2. The van der Waals surface area contributed by atoms with Crippen molar-refractivity contribution >= 4 is 93.6 Å². The normalized spacial score (nSPS) is 5.57. The zero-order valence-electron chi connectivity index (χ0n) is 12.2. The Morgan fingerprint density at radius 1 is 0.826 bits per heavy atom.